The van der Waals surface area contributed by atoms with E-state index in [9.17, 15) is 8.42 Å². The number of benzene rings is 1. The first-order valence-corrected chi connectivity index (χ1v) is 8.02. The summed E-state index contributed by atoms with van der Waals surface area (Å²) in [5.41, 5.74) is 6.93. The number of H-pyrrole nitrogens is 1. The number of imidazole rings is 1. The van der Waals surface area contributed by atoms with Gasteiger partial charge in [0.2, 0.25) is 0 Å². The minimum Gasteiger partial charge on any atom is -0.342 e. The predicted octanol–water partition coefficient (Wildman–Crippen LogP) is 1.64. The standard InChI is InChI=1S/C13H19N3O2S/c1-13(2,14)8-7-11-15-9-5-4-6-10(12(9)16-11)19(3,17)18/h4-6H,7-8,14H2,1-3H3,(H,15,16). The SMILES string of the molecule is CC(C)(N)CCc1nc2c(S(C)(=O)=O)cccc2[nH]1. The Morgan fingerprint density at radius 2 is 2.05 bits per heavy atom. The molecule has 0 saturated carbocycles. The number of sulfone groups is 1. The monoisotopic (exact) mass is 281 g/mol. The second-order valence-corrected chi connectivity index (χ2v) is 7.58. The molecule has 6 heteroatoms. The van der Waals surface area contributed by atoms with Gasteiger partial charge in [0.1, 0.15) is 11.3 Å². The number of nitrogens with one attached hydrogen (secondary N) is 1. The van der Waals surface area contributed by atoms with Gasteiger partial charge in [0, 0.05) is 18.2 Å². The summed E-state index contributed by atoms with van der Waals surface area (Å²) in [6, 6.07) is 5.12. The van der Waals surface area contributed by atoms with E-state index in [1.54, 1.807) is 12.1 Å². The van der Waals surface area contributed by atoms with Crippen molar-refractivity contribution in [2.45, 2.75) is 37.1 Å². The van der Waals surface area contributed by atoms with E-state index in [1.165, 1.54) is 6.26 Å². The highest BCUT2D eigenvalue weighted by atomic mass is 32.2. The van der Waals surface area contributed by atoms with Crippen LogP contribution in [0.2, 0.25) is 0 Å². The lowest BCUT2D eigenvalue weighted by molar-refractivity contribution is 0.472. The molecule has 0 spiro atoms. The van der Waals surface area contributed by atoms with Crippen LogP contribution in [-0.2, 0) is 16.3 Å². The van der Waals surface area contributed by atoms with E-state index in [1.807, 2.05) is 19.9 Å². The van der Waals surface area contributed by atoms with Crippen molar-refractivity contribution >= 4 is 20.9 Å². The van der Waals surface area contributed by atoms with Gasteiger partial charge in [-0.1, -0.05) is 6.07 Å². The molecule has 2 aromatic rings. The maximum absolute atomic E-state index is 11.7. The van der Waals surface area contributed by atoms with Gasteiger partial charge in [-0.15, -0.1) is 0 Å². The molecule has 3 N–H and O–H groups in total. The number of nitrogens with zero attached hydrogens (tertiary/aromatic N) is 1. The molecule has 0 unspecified atom stereocenters. The van der Waals surface area contributed by atoms with Gasteiger partial charge in [-0.25, -0.2) is 13.4 Å². The average Bonchev–Trinajstić information content (AvgIpc) is 2.66. The maximum atomic E-state index is 11.7. The van der Waals surface area contributed by atoms with Gasteiger partial charge >= 0.3 is 0 Å². The topological polar surface area (TPSA) is 88.8 Å². The largest absolute Gasteiger partial charge is 0.342 e. The fourth-order valence-corrected chi connectivity index (χ4v) is 2.75. The number of para-hydroxylation sites is 1. The number of aromatic amines is 1. The molecule has 1 aromatic carbocycles. The number of aryl methyl sites for hydroxylation is 1. The minimum absolute atomic E-state index is 0.263. The third-order valence-corrected chi connectivity index (χ3v) is 4.06. The van der Waals surface area contributed by atoms with E-state index in [2.05, 4.69) is 9.97 Å². The van der Waals surface area contributed by atoms with Crippen molar-refractivity contribution in [3.63, 3.8) is 0 Å². The first-order valence-electron chi connectivity index (χ1n) is 6.13. The molecular weight excluding hydrogens is 262 g/mol. The Morgan fingerprint density at radius 1 is 1.37 bits per heavy atom. The fraction of sp³-hybridized carbons (Fsp3) is 0.462. The molecule has 1 heterocycles. The summed E-state index contributed by atoms with van der Waals surface area (Å²) in [5, 5.41) is 0. The van der Waals surface area contributed by atoms with Crippen LogP contribution in [0.15, 0.2) is 23.1 Å². The van der Waals surface area contributed by atoms with Crippen molar-refractivity contribution in [3.8, 4) is 0 Å². The Hall–Kier alpha value is -1.40. The van der Waals surface area contributed by atoms with E-state index in [-0.39, 0.29) is 10.4 Å². The van der Waals surface area contributed by atoms with Crippen LogP contribution in [0.4, 0.5) is 0 Å². The van der Waals surface area contributed by atoms with Crippen LogP contribution >= 0.6 is 0 Å². The lowest BCUT2D eigenvalue weighted by atomic mass is 10.0. The molecule has 19 heavy (non-hydrogen) atoms. The quantitative estimate of drug-likeness (QED) is 0.891. The normalized spacial score (nSPS) is 13.1. The van der Waals surface area contributed by atoms with Crippen molar-refractivity contribution in [3.05, 3.63) is 24.0 Å². The molecule has 0 aliphatic heterocycles. The highest BCUT2D eigenvalue weighted by Crippen LogP contribution is 2.21. The number of fused-ring (bicyclic) bond motifs is 1. The third kappa shape index (κ3) is 3.33. The Bertz CT molecular complexity index is 696. The molecule has 0 amide bonds. The second-order valence-electron chi connectivity index (χ2n) is 5.60. The first kappa shape index (κ1) is 14.0. The molecular formula is C13H19N3O2S. The molecule has 5 nitrogen and oxygen atoms in total. The fourth-order valence-electron chi connectivity index (χ4n) is 1.92. The van der Waals surface area contributed by atoms with Crippen LogP contribution in [0.25, 0.3) is 11.0 Å². The van der Waals surface area contributed by atoms with E-state index in [4.69, 9.17) is 5.73 Å². The second kappa shape index (κ2) is 4.61. The summed E-state index contributed by atoms with van der Waals surface area (Å²) in [4.78, 5) is 7.80. The number of hydrogen-bond acceptors (Lipinski definition) is 4. The molecule has 0 bridgehead atoms. The summed E-state index contributed by atoms with van der Waals surface area (Å²) in [5.74, 6) is 0.768. The number of rotatable bonds is 4. The van der Waals surface area contributed by atoms with Crippen LogP contribution in [0, 0.1) is 0 Å². The predicted molar refractivity (Wildman–Crippen MR) is 75.8 cm³/mol. The summed E-state index contributed by atoms with van der Waals surface area (Å²) in [6.45, 7) is 3.91. The number of hydrogen-bond donors (Lipinski definition) is 2. The summed E-state index contributed by atoms with van der Waals surface area (Å²) in [7, 11) is -3.27. The first-order chi connectivity index (χ1) is 8.67. The van der Waals surface area contributed by atoms with Gasteiger partial charge in [0.05, 0.1) is 10.4 Å². The molecule has 0 fully saturated rings. The van der Waals surface area contributed by atoms with E-state index in [0.717, 1.165) is 17.8 Å². The Balaban J connectivity index is 2.41. The average molecular weight is 281 g/mol. The smallest absolute Gasteiger partial charge is 0.177 e. The molecule has 104 valence electrons. The Kier molecular flexibility index (Phi) is 3.40. The van der Waals surface area contributed by atoms with E-state index in [0.29, 0.717) is 11.9 Å². The van der Waals surface area contributed by atoms with E-state index >= 15 is 0 Å². The van der Waals surface area contributed by atoms with Gasteiger partial charge in [0.15, 0.2) is 9.84 Å². The van der Waals surface area contributed by atoms with Crippen LogP contribution in [0.3, 0.4) is 0 Å². The highest BCUT2D eigenvalue weighted by molar-refractivity contribution is 7.91. The molecule has 0 saturated heterocycles. The van der Waals surface area contributed by atoms with Crippen LogP contribution in [0.5, 0.6) is 0 Å². The van der Waals surface area contributed by atoms with E-state index < -0.39 is 9.84 Å². The number of nitrogens with two attached hydrogens (primary N) is 1. The number of aromatic nitrogens is 2. The molecule has 0 aliphatic rings. The third-order valence-electron chi connectivity index (χ3n) is 2.93. The zero-order valence-corrected chi connectivity index (χ0v) is 12.2. The minimum atomic E-state index is -3.27. The molecule has 1 aromatic heterocycles. The Morgan fingerprint density at radius 3 is 2.63 bits per heavy atom. The van der Waals surface area contributed by atoms with Crippen molar-refractivity contribution in [2.24, 2.45) is 5.73 Å². The lowest BCUT2D eigenvalue weighted by Crippen LogP contribution is -2.32. The molecule has 0 atom stereocenters. The maximum Gasteiger partial charge on any atom is 0.177 e. The summed E-state index contributed by atoms with van der Waals surface area (Å²) in [6.07, 6.45) is 2.67. The van der Waals surface area contributed by atoms with Crippen LogP contribution < -0.4 is 5.73 Å². The Labute approximate surface area is 113 Å². The van der Waals surface area contributed by atoms with Crippen LogP contribution in [-0.4, -0.2) is 30.2 Å². The molecule has 0 radical (unpaired) electrons. The summed E-state index contributed by atoms with van der Waals surface area (Å²) >= 11 is 0. The zero-order chi connectivity index (χ0) is 14.3. The lowest BCUT2D eigenvalue weighted by Gasteiger charge is -2.16. The van der Waals surface area contributed by atoms with Gasteiger partial charge in [0.25, 0.3) is 0 Å². The highest BCUT2D eigenvalue weighted by Gasteiger charge is 2.16. The van der Waals surface area contributed by atoms with Gasteiger partial charge in [-0.2, -0.15) is 0 Å². The van der Waals surface area contributed by atoms with Gasteiger partial charge in [-0.3, -0.25) is 0 Å². The van der Waals surface area contributed by atoms with Crippen LogP contribution in [0.1, 0.15) is 26.1 Å². The van der Waals surface area contributed by atoms with Crippen molar-refractivity contribution < 1.29 is 8.42 Å². The van der Waals surface area contributed by atoms with Crippen molar-refractivity contribution in [1.29, 1.82) is 0 Å². The van der Waals surface area contributed by atoms with Gasteiger partial charge < -0.3 is 10.7 Å². The molecule has 0 aliphatic carbocycles. The van der Waals surface area contributed by atoms with Crippen molar-refractivity contribution in [2.75, 3.05) is 6.26 Å². The zero-order valence-electron chi connectivity index (χ0n) is 11.4. The molecule has 2 rings (SSSR count). The van der Waals surface area contributed by atoms with Gasteiger partial charge in [-0.05, 0) is 32.4 Å². The summed E-state index contributed by atoms with van der Waals surface area (Å²) < 4.78 is 23.4. The van der Waals surface area contributed by atoms with Crippen molar-refractivity contribution in [1.82, 2.24) is 9.97 Å².